The van der Waals surface area contributed by atoms with Crippen molar-refractivity contribution in [2.75, 3.05) is 0 Å². The van der Waals surface area contributed by atoms with Gasteiger partial charge in [-0.25, -0.2) is 0 Å². The van der Waals surface area contributed by atoms with Crippen molar-refractivity contribution in [2.45, 2.75) is 17.6 Å². The first-order valence-electron chi connectivity index (χ1n) is 5.08. The summed E-state index contributed by atoms with van der Waals surface area (Å²) in [6.07, 6.45) is 0. The molecule has 2 aromatic carbocycles. The fraction of sp³-hybridized carbons (Fsp3) is 0.143. The summed E-state index contributed by atoms with van der Waals surface area (Å²) in [7, 11) is 0. The van der Waals surface area contributed by atoms with Crippen LogP contribution in [0.2, 0.25) is 0 Å². The summed E-state index contributed by atoms with van der Waals surface area (Å²) in [5.74, 6) is 1.05. The summed E-state index contributed by atoms with van der Waals surface area (Å²) in [5.41, 5.74) is 2.71. The van der Waals surface area contributed by atoms with Gasteiger partial charge in [0.15, 0.2) is 0 Å². The summed E-state index contributed by atoms with van der Waals surface area (Å²) in [6.45, 7) is 2.13. The molecule has 0 aliphatic rings. The second-order valence-corrected chi connectivity index (χ2v) is 4.64. The van der Waals surface area contributed by atoms with Gasteiger partial charge in [-0.15, -0.1) is 11.8 Å². The van der Waals surface area contributed by atoms with E-state index in [1.807, 2.05) is 11.8 Å². The summed E-state index contributed by atoms with van der Waals surface area (Å²) in [6, 6.07) is 19.2. The van der Waals surface area contributed by atoms with Crippen LogP contribution in [-0.4, -0.2) is 0 Å². The lowest BCUT2D eigenvalue weighted by molar-refractivity contribution is 1.34. The molecule has 2 rings (SSSR count). The number of hydrogen-bond donors (Lipinski definition) is 0. The van der Waals surface area contributed by atoms with Crippen LogP contribution in [0.15, 0.2) is 59.5 Å². The third-order valence-corrected chi connectivity index (χ3v) is 3.30. The van der Waals surface area contributed by atoms with Crippen molar-refractivity contribution in [3.05, 3.63) is 65.7 Å². The van der Waals surface area contributed by atoms with Crippen molar-refractivity contribution in [3.8, 4) is 0 Å². The molecule has 0 aromatic heterocycles. The zero-order valence-corrected chi connectivity index (χ0v) is 9.63. The first kappa shape index (κ1) is 10.3. The molecule has 0 saturated heterocycles. The fourth-order valence-electron chi connectivity index (χ4n) is 1.45. The van der Waals surface area contributed by atoms with Crippen LogP contribution in [0.1, 0.15) is 11.1 Å². The lowest BCUT2D eigenvalue weighted by atomic mass is 10.2. The summed E-state index contributed by atoms with van der Waals surface area (Å²) in [4.78, 5) is 1.35. The average Bonchev–Trinajstić information content (AvgIpc) is 2.28. The lowest BCUT2D eigenvalue weighted by Crippen LogP contribution is -1.79. The molecule has 0 unspecified atom stereocenters. The SMILES string of the molecule is Cc1cccc(SCc2ccccc2)c1. The average molecular weight is 214 g/mol. The Hall–Kier alpha value is -1.21. The van der Waals surface area contributed by atoms with Gasteiger partial charge >= 0.3 is 0 Å². The van der Waals surface area contributed by atoms with Gasteiger partial charge < -0.3 is 0 Å². The summed E-state index contributed by atoms with van der Waals surface area (Å²) in [5, 5.41) is 0. The van der Waals surface area contributed by atoms with Crippen molar-refractivity contribution < 1.29 is 0 Å². The van der Waals surface area contributed by atoms with Crippen LogP contribution in [0.3, 0.4) is 0 Å². The van der Waals surface area contributed by atoms with E-state index in [2.05, 4.69) is 61.5 Å². The Kier molecular flexibility index (Phi) is 3.46. The van der Waals surface area contributed by atoms with E-state index in [-0.39, 0.29) is 0 Å². The fourth-order valence-corrected chi connectivity index (χ4v) is 2.42. The van der Waals surface area contributed by atoms with Gasteiger partial charge in [0.1, 0.15) is 0 Å². The Bertz CT molecular complexity index is 420. The van der Waals surface area contributed by atoms with Gasteiger partial charge in [0.25, 0.3) is 0 Å². The van der Waals surface area contributed by atoms with Crippen molar-refractivity contribution >= 4 is 11.8 Å². The predicted octanol–water partition coefficient (Wildman–Crippen LogP) is 4.29. The molecule has 2 aromatic rings. The second kappa shape index (κ2) is 5.04. The van der Waals surface area contributed by atoms with Gasteiger partial charge in [-0.1, -0.05) is 48.0 Å². The summed E-state index contributed by atoms with van der Waals surface area (Å²) >= 11 is 1.89. The van der Waals surface area contributed by atoms with Crippen LogP contribution in [-0.2, 0) is 5.75 Å². The molecule has 0 atom stereocenters. The molecular weight excluding hydrogens is 200 g/mol. The highest BCUT2D eigenvalue weighted by Crippen LogP contribution is 2.23. The molecule has 0 fully saturated rings. The minimum atomic E-state index is 1.05. The van der Waals surface area contributed by atoms with Crippen LogP contribution in [0, 0.1) is 6.92 Å². The van der Waals surface area contributed by atoms with Crippen LogP contribution in [0.25, 0.3) is 0 Å². The topological polar surface area (TPSA) is 0 Å². The van der Waals surface area contributed by atoms with E-state index in [9.17, 15) is 0 Å². The zero-order valence-electron chi connectivity index (χ0n) is 8.81. The van der Waals surface area contributed by atoms with Crippen LogP contribution >= 0.6 is 11.8 Å². The molecule has 15 heavy (non-hydrogen) atoms. The standard InChI is InChI=1S/C14H14S/c1-12-6-5-9-14(10-12)15-11-13-7-3-2-4-8-13/h2-10H,11H2,1H3. The van der Waals surface area contributed by atoms with E-state index < -0.39 is 0 Å². The number of aryl methyl sites for hydroxylation is 1. The Morgan fingerprint density at radius 3 is 2.47 bits per heavy atom. The Labute approximate surface area is 95.3 Å². The molecule has 0 radical (unpaired) electrons. The number of hydrogen-bond acceptors (Lipinski definition) is 1. The lowest BCUT2D eigenvalue weighted by Gasteiger charge is -2.02. The van der Waals surface area contributed by atoms with Crippen LogP contribution in [0.5, 0.6) is 0 Å². The highest BCUT2D eigenvalue weighted by molar-refractivity contribution is 7.98. The second-order valence-electron chi connectivity index (χ2n) is 3.59. The Morgan fingerprint density at radius 1 is 0.933 bits per heavy atom. The smallest absolute Gasteiger partial charge is 0.0231 e. The summed E-state index contributed by atoms with van der Waals surface area (Å²) < 4.78 is 0. The monoisotopic (exact) mass is 214 g/mol. The molecular formula is C14H14S. The van der Waals surface area contributed by atoms with Crippen molar-refractivity contribution in [2.24, 2.45) is 0 Å². The van der Waals surface area contributed by atoms with Gasteiger partial charge in [-0.3, -0.25) is 0 Å². The zero-order chi connectivity index (χ0) is 10.5. The molecule has 0 spiro atoms. The van der Waals surface area contributed by atoms with Gasteiger partial charge in [-0.05, 0) is 24.6 Å². The van der Waals surface area contributed by atoms with E-state index in [4.69, 9.17) is 0 Å². The largest absolute Gasteiger partial charge is 0.121 e. The molecule has 0 aliphatic heterocycles. The van der Waals surface area contributed by atoms with E-state index in [1.165, 1.54) is 16.0 Å². The van der Waals surface area contributed by atoms with Gasteiger partial charge in [0, 0.05) is 10.6 Å². The molecule has 1 heteroatoms. The molecule has 0 saturated carbocycles. The van der Waals surface area contributed by atoms with E-state index in [0.29, 0.717) is 0 Å². The first-order valence-corrected chi connectivity index (χ1v) is 6.06. The van der Waals surface area contributed by atoms with Gasteiger partial charge in [0.2, 0.25) is 0 Å². The van der Waals surface area contributed by atoms with Crippen molar-refractivity contribution in [1.82, 2.24) is 0 Å². The molecule has 76 valence electrons. The number of rotatable bonds is 3. The molecule has 0 heterocycles. The molecule has 0 aliphatic carbocycles. The van der Waals surface area contributed by atoms with Crippen LogP contribution in [0.4, 0.5) is 0 Å². The minimum absolute atomic E-state index is 1.05. The van der Waals surface area contributed by atoms with Gasteiger partial charge in [-0.2, -0.15) is 0 Å². The maximum Gasteiger partial charge on any atom is 0.0231 e. The maximum absolute atomic E-state index is 2.23. The number of thioether (sulfide) groups is 1. The normalized spacial score (nSPS) is 10.2. The highest BCUT2D eigenvalue weighted by atomic mass is 32.2. The van der Waals surface area contributed by atoms with E-state index >= 15 is 0 Å². The number of benzene rings is 2. The molecule has 0 bridgehead atoms. The van der Waals surface area contributed by atoms with E-state index in [1.54, 1.807) is 0 Å². The Morgan fingerprint density at radius 2 is 1.73 bits per heavy atom. The third-order valence-electron chi connectivity index (χ3n) is 2.24. The van der Waals surface area contributed by atoms with Crippen LogP contribution < -0.4 is 0 Å². The van der Waals surface area contributed by atoms with Crippen molar-refractivity contribution in [3.63, 3.8) is 0 Å². The Balaban J connectivity index is 1.99. The predicted molar refractivity (Wildman–Crippen MR) is 67.2 cm³/mol. The molecule has 0 nitrogen and oxygen atoms in total. The minimum Gasteiger partial charge on any atom is -0.121 e. The quantitative estimate of drug-likeness (QED) is 0.687. The molecule has 0 amide bonds. The third kappa shape index (κ3) is 3.14. The van der Waals surface area contributed by atoms with Crippen molar-refractivity contribution in [1.29, 1.82) is 0 Å². The van der Waals surface area contributed by atoms with Gasteiger partial charge in [0.05, 0.1) is 0 Å². The first-order chi connectivity index (χ1) is 7.34. The highest BCUT2D eigenvalue weighted by Gasteiger charge is 1.95. The van der Waals surface area contributed by atoms with E-state index in [0.717, 1.165) is 5.75 Å². The maximum atomic E-state index is 2.23. The molecule has 0 N–H and O–H groups in total.